The van der Waals surface area contributed by atoms with E-state index >= 15 is 0 Å². The van der Waals surface area contributed by atoms with Crippen LogP contribution in [0.4, 0.5) is 13.2 Å². The van der Waals surface area contributed by atoms with Crippen LogP contribution in [0.2, 0.25) is 0 Å². The largest absolute Gasteiger partial charge is 0.441 e. The summed E-state index contributed by atoms with van der Waals surface area (Å²) in [5.74, 6) is -0.950. The lowest BCUT2D eigenvalue weighted by Gasteiger charge is -2.36. The maximum absolute atomic E-state index is 11.9. The van der Waals surface area contributed by atoms with Gasteiger partial charge in [0.2, 0.25) is 11.8 Å². The highest BCUT2D eigenvalue weighted by atomic mass is 32.2. The molecule has 8 heteroatoms. The van der Waals surface area contributed by atoms with Crippen LogP contribution in [0.15, 0.2) is 0 Å². The van der Waals surface area contributed by atoms with E-state index in [1.165, 1.54) is 18.7 Å². The van der Waals surface area contributed by atoms with Crippen LogP contribution in [0, 0.1) is 0 Å². The third-order valence-corrected chi connectivity index (χ3v) is 3.17. The fraction of sp³-hybridized carbons (Fsp3) is 0.778. The maximum Gasteiger partial charge on any atom is 0.441 e. The highest BCUT2D eigenvalue weighted by Gasteiger charge is 2.36. The van der Waals surface area contributed by atoms with Crippen molar-refractivity contribution in [2.24, 2.45) is 0 Å². The Morgan fingerprint density at radius 1 is 1.35 bits per heavy atom. The van der Waals surface area contributed by atoms with Crippen LogP contribution in [0.5, 0.6) is 0 Å². The van der Waals surface area contributed by atoms with E-state index in [9.17, 15) is 22.8 Å². The molecule has 1 rings (SSSR count). The zero-order valence-corrected chi connectivity index (χ0v) is 10.2. The molecule has 1 aliphatic heterocycles. The third kappa shape index (κ3) is 3.79. The van der Waals surface area contributed by atoms with Crippen LogP contribution in [-0.4, -0.2) is 46.6 Å². The first-order valence-corrected chi connectivity index (χ1v) is 6.02. The average molecular weight is 270 g/mol. The molecule has 98 valence electrons. The predicted molar refractivity (Wildman–Crippen MR) is 57.3 cm³/mol. The van der Waals surface area contributed by atoms with Gasteiger partial charge in [0.05, 0.1) is 0 Å². The topological polar surface area (TPSA) is 49.4 Å². The van der Waals surface area contributed by atoms with Crippen LogP contribution in [-0.2, 0) is 9.59 Å². The molecule has 0 aliphatic carbocycles. The lowest BCUT2D eigenvalue weighted by Crippen LogP contribution is -2.61. The molecule has 0 saturated carbocycles. The number of hydrogen-bond acceptors (Lipinski definition) is 3. The number of nitrogens with one attached hydrogen (secondary N) is 1. The summed E-state index contributed by atoms with van der Waals surface area (Å²) in [6.45, 7) is 2.93. The van der Waals surface area contributed by atoms with Gasteiger partial charge in [-0.15, -0.1) is 0 Å². The van der Waals surface area contributed by atoms with Gasteiger partial charge in [-0.3, -0.25) is 9.59 Å². The van der Waals surface area contributed by atoms with Crippen molar-refractivity contribution in [3.8, 4) is 0 Å². The molecule has 1 fully saturated rings. The summed E-state index contributed by atoms with van der Waals surface area (Å²) < 4.78 is 35.8. The summed E-state index contributed by atoms with van der Waals surface area (Å²) in [7, 11) is 0. The van der Waals surface area contributed by atoms with Gasteiger partial charge in [-0.25, -0.2) is 0 Å². The minimum Gasteiger partial charge on any atom is -0.343 e. The number of alkyl halides is 3. The second-order valence-electron chi connectivity index (χ2n) is 3.73. The molecule has 0 radical (unpaired) electrons. The number of hydrogen-bond donors (Lipinski definition) is 1. The van der Waals surface area contributed by atoms with Gasteiger partial charge in [0.1, 0.15) is 12.1 Å². The molecule has 0 spiro atoms. The first-order valence-electron chi connectivity index (χ1n) is 5.04. The van der Waals surface area contributed by atoms with Crippen molar-refractivity contribution in [3.63, 3.8) is 0 Å². The summed E-state index contributed by atoms with van der Waals surface area (Å²) in [4.78, 5) is 24.2. The first-order chi connectivity index (χ1) is 7.72. The van der Waals surface area contributed by atoms with E-state index in [0.717, 1.165) is 0 Å². The highest BCUT2D eigenvalue weighted by molar-refractivity contribution is 8.00. The molecule has 4 nitrogen and oxygen atoms in total. The number of nitrogens with zero attached hydrogens (tertiary/aromatic N) is 1. The number of halogens is 3. The molecule has 2 unspecified atom stereocenters. The molecular formula is C9H13F3N2O2S. The van der Waals surface area contributed by atoms with E-state index in [2.05, 4.69) is 5.32 Å². The van der Waals surface area contributed by atoms with Gasteiger partial charge in [0, 0.05) is 12.3 Å². The molecular weight excluding hydrogens is 257 g/mol. The van der Waals surface area contributed by atoms with Crippen LogP contribution in [0.25, 0.3) is 0 Å². The van der Waals surface area contributed by atoms with Crippen LogP contribution in [0.3, 0.4) is 0 Å². The summed E-state index contributed by atoms with van der Waals surface area (Å²) >= 11 is -0.192. The van der Waals surface area contributed by atoms with Crippen molar-refractivity contribution >= 4 is 23.6 Å². The standard InChI is InChI=1S/C9H13F3N2O2S/c1-5-8(16)14(6(2)7(15)13-5)3-4-17-9(10,11)12/h5-6H,3-4H2,1-2H3,(H,13,15). The summed E-state index contributed by atoms with van der Waals surface area (Å²) in [6.07, 6.45) is 0. The molecule has 1 aliphatic rings. The van der Waals surface area contributed by atoms with E-state index in [1.54, 1.807) is 0 Å². The van der Waals surface area contributed by atoms with E-state index < -0.39 is 17.6 Å². The second kappa shape index (κ2) is 5.16. The van der Waals surface area contributed by atoms with Crippen LogP contribution >= 0.6 is 11.8 Å². The smallest absolute Gasteiger partial charge is 0.343 e. The predicted octanol–water partition coefficient (Wildman–Crippen LogP) is 0.975. The zero-order chi connectivity index (χ0) is 13.2. The minimum absolute atomic E-state index is 0.0814. The number of thioether (sulfide) groups is 1. The maximum atomic E-state index is 11.9. The van der Waals surface area contributed by atoms with E-state index in [-0.39, 0.29) is 35.9 Å². The van der Waals surface area contributed by atoms with Gasteiger partial charge in [0.15, 0.2) is 0 Å². The fourth-order valence-corrected chi connectivity index (χ4v) is 2.06. The van der Waals surface area contributed by atoms with Crippen molar-refractivity contribution in [3.05, 3.63) is 0 Å². The Bertz CT molecular complexity index is 322. The van der Waals surface area contributed by atoms with Crippen molar-refractivity contribution in [2.75, 3.05) is 12.3 Å². The Hall–Kier alpha value is -0.920. The van der Waals surface area contributed by atoms with Crippen molar-refractivity contribution in [1.82, 2.24) is 10.2 Å². The van der Waals surface area contributed by atoms with Crippen LogP contribution < -0.4 is 5.32 Å². The van der Waals surface area contributed by atoms with E-state index in [1.807, 2.05) is 0 Å². The number of piperazine rings is 1. The van der Waals surface area contributed by atoms with Gasteiger partial charge in [0.25, 0.3) is 0 Å². The molecule has 0 bridgehead atoms. The number of amides is 2. The molecule has 1 saturated heterocycles. The van der Waals surface area contributed by atoms with Gasteiger partial charge in [-0.1, -0.05) is 0 Å². The van der Waals surface area contributed by atoms with Gasteiger partial charge < -0.3 is 10.2 Å². The molecule has 0 aromatic rings. The highest BCUT2D eigenvalue weighted by Crippen LogP contribution is 2.30. The Morgan fingerprint density at radius 2 is 1.94 bits per heavy atom. The molecule has 0 aromatic heterocycles. The Morgan fingerprint density at radius 3 is 2.47 bits per heavy atom. The molecule has 17 heavy (non-hydrogen) atoms. The monoisotopic (exact) mass is 270 g/mol. The van der Waals surface area contributed by atoms with Gasteiger partial charge >= 0.3 is 5.51 Å². The summed E-state index contributed by atoms with van der Waals surface area (Å²) in [5.41, 5.74) is -4.31. The number of carbonyl (C=O) groups is 2. The Kier molecular flexibility index (Phi) is 4.29. The summed E-state index contributed by atoms with van der Waals surface area (Å²) in [6, 6.07) is -1.39. The minimum atomic E-state index is -4.31. The lowest BCUT2D eigenvalue weighted by molar-refractivity contribution is -0.147. The Labute approximate surface area is 101 Å². The first kappa shape index (κ1) is 14.1. The number of carbonyl (C=O) groups excluding carboxylic acids is 2. The molecule has 2 amide bonds. The average Bonchev–Trinajstić information content (AvgIpc) is 2.19. The Balaban J connectivity index is 2.55. The molecule has 1 heterocycles. The quantitative estimate of drug-likeness (QED) is 0.831. The second-order valence-corrected chi connectivity index (χ2v) is 4.89. The molecule has 2 atom stereocenters. The SMILES string of the molecule is CC1NC(=O)C(C)N(CCSC(F)(F)F)C1=O. The van der Waals surface area contributed by atoms with Gasteiger partial charge in [-0.2, -0.15) is 13.2 Å². The van der Waals surface area contributed by atoms with E-state index in [0.29, 0.717) is 0 Å². The summed E-state index contributed by atoms with van der Waals surface area (Å²) in [5, 5.41) is 2.46. The van der Waals surface area contributed by atoms with Crippen molar-refractivity contribution < 1.29 is 22.8 Å². The molecule has 1 N–H and O–H groups in total. The zero-order valence-electron chi connectivity index (χ0n) is 9.37. The van der Waals surface area contributed by atoms with Crippen LogP contribution in [0.1, 0.15) is 13.8 Å². The van der Waals surface area contributed by atoms with Crippen molar-refractivity contribution in [2.45, 2.75) is 31.4 Å². The van der Waals surface area contributed by atoms with Crippen molar-refractivity contribution in [1.29, 1.82) is 0 Å². The fourth-order valence-electron chi connectivity index (χ4n) is 1.54. The number of rotatable bonds is 3. The normalized spacial score (nSPS) is 26.1. The molecule has 0 aromatic carbocycles. The van der Waals surface area contributed by atoms with E-state index in [4.69, 9.17) is 0 Å². The third-order valence-electron chi connectivity index (χ3n) is 2.46. The lowest BCUT2D eigenvalue weighted by atomic mass is 10.1. The van der Waals surface area contributed by atoms with Gasteiger partial charge in [-0.05, 0) is 25.6 Å².